The van der Waals surface area contributed by atoms with Gasteiger partial charge in [0.15, 0.2) is 0 Å². The molecule has 0 aromatic rings. The van der Waals surface area contributed by atoms with Crippen LogP contribution in [0.2, 0.25) is 0 Å². The number of rotatable bonds is 10. The number of hydrogen-bond acceptors (Lipinski definition) is 0. The molecule has 0 aromatic heterocycles. The van der Waals surface area contributed by atoms with E-state index >= 15 is 0 Å². The first-order chi connectivity index (χ1) is 19.7. The van der Waals surface area contributed by atoms with Crippen LogP contribution in [0.5, 0.6) is 0 Å². The van der Waals surface area contributed by atoms with Gasteiger partial charge in [0.05, 0.1) is 26.2 Å². The minimum Gasteiger partial charge on any atom is -0.418 e. The van der Waals surface area contributed by atoms with E-state index in [4.69, 9.17) is 0 Å². The van der Waals surface area contributed by atoms with E-state index in [0.29, 0.717) is 21.7 Å². The molecule has 5 unspecified atom stereocenters. The zero-order valence-electron chi connectivity index (χ0n) is 34.7. The van der Waals surface area contributed by atoms with Crippen molar-refractivity contribution in [2.75, 3.05) is 26.2 Å². The summed E-state index contributed by atoms with van der Waals surface area (Å²) in [7, 11) is -6.00. The molecular weight excluding hydrogens is 637 g/mol. The van der Waals surface area contributed by atoms with Gasteiger partial charge in [-0.2, -0.15) is 0 Å². The van der Waals surface area contributed by atoms with Crippen LogP contribution in [-0.4, -0.2) is 37.9 Å². The molecule has 2 aliphatic rings. The Bertz CT molecular complexity index is 735. The van der Waals surface area contributed by atoms with E-state index in [1.54, 1.807) is 0 Å². The summed E-state index contributed by atoms with van der Waals surface area (Å²) in [6.45, 7) is 41.6. The number of unbranched alkanes of at least 4 members (excludes halogenated alkanes) is 3. The fourth-order valence-corrected chi connectivity index (χ4v) is 8.12. The van der Waals surface area contributed by atoms with Gasteiger partial charge in [0.2, 0.25) is 0 Å². The molecule has 0 aliphatic heterocycles. The largest absolute Gasteiger partial charge is 3.00 e. The van der Waals surface area contributed by atoms with Crippen molar-refractivity contribution in [1.82, 2.24) is 0 Å². The second-order valence-corrected chi connectivity index (χ2v) is 18.9. The number of nitrogens with zero attached hydrogens (tertiary/aromatic N) is 1. The summed E-state index contributed by atoms with van der Waals surface area (Å²) in [5, 5.41) is 0. The predicted molar refractivity (Wildman–Crippen MR) is 201 cm³/mol. The van der Waals surface area contributed by atoms with E-state index < -0.39 is 7.25 Å². The van der Waals surface area contributed by atoms with E-state index in [0.717, 1.165) is 29.6 Å². The van der Waals surface area contributed by atoms with Crippen molar-refractivity contribution in [2.24, 2.45) is 51.2 Å². The van der Waals surface area contributed by atoms with Crippen LogP contribution in [0.25, 0.3) is 0 Å². The van der Waals surface area contributed by atoms with Crippen molar-refractivity contribution in [1.29, 1.82) is 0 Å². The molecule has 7 heteroatoms. The first-order valence-corrected chi connectivity index (χ1v) is 18.4. The Labute approximate surface area is 305 Å². The Morgan fingerprint density at radius 1 is 0.532 bits per heavy atom. The standard InChI is InChI=1S/C25H52N.C13H26.2CH3.BF4.Fe/c1-10-26(11-2,12-3)18-16-14-13-15-17-21-19-22(24(4,5)6)20-23(21)25(7,8)9;1-12(2,3)10-7-8-11(9-10)13(4,5)6;;;2-1(3,4)5;/h21-23H,10-20H2,1-9H3;10-11H,7-9H2,1-6H3;2*1H3;;/q+1;;3*-1;+3. The average Bonchev–Trinajstić information content (AvgIpc) is 3.51. The van der Waals surface area contributed by atoms with Gasteiger partial charge in [-0.05, 0) is 117 Å². The van der Waals surface area contributed by atoms with Crippen LogP contribution in [0.4, 0.5) is 17.3 Å². The van der Waals surface area contributed by atoms with E-state index in [1.165, 1.54) is 94.9 Å². The quantitative estimate of drug-likeness (QED) is 0.0693. The van der Waals surface area contributed by atoms with Crippen LogP contribution < -0.4 is 0 Å². The van der Waals surface area contributed by atoms with E-state index in [2.05, 4.69) is 104 Å². The molecule has 2 saturated carbocycles. The summed E-state index contributed by atoms with van der Waals surface area (Å²) in [5.74, 6) is 4.73. The van der Waals surface area contributed by atoms with Gasteiger partial charge in [-0.15, -0.1) is 0 Å². The van der Waals surface area contributed by atoms with Gasteiger partial charge in [0, 0.05) is 0 Å². The molecule has 47 heavy (non-hydrogen) atoms. The van der Waals surface area contributed by atoms with Crippen molar-refractivity contribution in [3.8, 4) is 0 Å². The van der Waals surface area contributed by atoms with Crippen LogP contribution in [0.3, 0.4) is 0 Å². The molecule has 1 nitrogen and oxygen atoms in total. The van der Waals surface area contributed by atoms with Crippen molar-refractivity contribution < 1.29 is 38.8 Å². The van der Waals surface area contributed by atoms with Gasteiger partial charge in [-0.25, -0.2) is 0 Å². The first kappa shape index (κ1) is 54.0. The molecule has 0 heterocycles. The minimum absolute atomic E-state index is 0. The molecule has 2 rings (SSSR count). The van der Waals surface area contributed by atoms with Crippen molar-refractivity contribution >= 4 is 7.25 Å². The maximum atomic E-state index is 9.75. The summed E-state index contributed by atoms with van der Waals surface area (Å²) < 4.78 is 40.3. The fraction of sp³-hybridized carbons (Fsp3) is 0.950. The fourth-order valence-electron chi connectivity index (χ4n) is 8.12. The molecular formula is C40H84BF4FeN+. The van der Waals surface area contributed by atoms with E-state index in [9.17, 15) is 17.3 Å². The predicted octanol–water partition coefficient (Wildman–Crippen LogP) is 14.2. The zero-order valence-corrected chi connectivity index (χ0v) is 35.8. The molecule has 1 radical (unpaired) electrons. The van der Waals surface area contributed by atoms with Crippen LogP contribution in [0.15, 0.2) is 0 Å². The van der Waals surface area contributed by atoms with Crippen LogP contribution in [-0.2, 0) is 17.1 Å². The van der Waals surface area contributed by atoms with Crippen LogP contribution >= 0.6 is 0 Å². The zero-order chi connectivity index (χ0) is 34.8. The summed E-state index contributed by atoms with van der Waals surface area (Å²) in [6.07, 6.45) is 14.5. The molecule has 0 saturated heterocycles. The first-order valence-electron chi connectivity index (χ1n) is 18.4. The van der Waals surface area contributed by atoms with Gasteiger partial charge < -0.3 is 36.6 Å². The summed E-state index contributed by atoms with van der Waals surface area (Å²) in [5.41, 5.74) is 2.02. The van der Waals surface area contributed by atoms with Gasteiger partial charge in [0.1, 0.15) is 0 Å². The minimum atomic E-state index is -6.00. The number of hydrogen-bond donors (Lipinski definition) is 0. The Kier molecular flexibility index (Phi) is 25.6. The summed E-state index contributed by atoms with van der Waals surface area (Å²) in [6, 6.07) is 0. The van der Waals surface area contributed by atoms with E-state index in [-0.39, 0.29) is 31.9 Å². The Morgan fingerprint density at radius 3 is 1.19 bits per heavy atom. The van der Waals surface area contributed by atoms with Gasteiger partial charge in [0.25, 0.3) is 0 Å². The molecule has 0 spiro atoms. The molecule has 2 aliphatic carbocycles. The van der Waals surface area contributed by atoms with Crippen molar-refractivity contribution in [3.05, 3.63) is 14.9 Å². The van der Waals surface area contributed by atoms with Gasteiger partial charge in [-0.1, -0.05) is 102 Å². The molecule has 0 aromatic carbocycles. The molecule has 5 atom stereocenters. The van der Waals surface area contributed by atoms with Gasteiger partial charge in [-0.3, -0.25) is 0 Å². The van der Waals surface area contributed by atoms with Gasteiger partial charge >= 0.3 is 24.3 Å². The van der Waals surface area contributed by atoms with Crippen LogP contribution in [0, 0.1) is 66.1 Å². The second kappa shape index (κ2) is 22.3. The van der Waals surface area contributed by atoms with Crippen molar-refractivity contribution in [2.45, 2.75) is 168 Å². The smallest absolute Gasteiger partial charge is 0.418 e. The third kappa shape index (κ3) is 21.9. The maximum Gasteiger partial charge on any atom is 3.00 e. The summed E-state index contributed by atoms with van der Waals surface area (Å²) in [4.78, 5) is 0. The molecule has 0 bridgehead atoms. The number of quaternary nitrogens is 1. The molecule has 0 N–H and O–H groups in total. The molecule has 287 valence electrons. The maximum absolute atomic E-state index is 9.75. The van der Waals surface area contributed by atoms with E-state index in [1.807, 2.05) is 0 Å². The Hall–Kier alpha value is 0.264. The number of halogens is 4. The van der Waals surface area contributed by atoms with Crippen molar-refractivity contribution in [3.63, 3.8) is 0 Å². The molecule has 0 amide bonds. The second-order valence-electron chi connectivity index (χ2n) is 18.9. The Balaban J connectivity index is -0.000000369. The van der Waals surface area contributed by atoms with Crippen LogP contribution in [0.1, 0.15) is 168 Å². The third-order valence-electron chi connectivity index (χ3n) is 11.9. The normalized spacial score (nSPS) is 23.7. The monoisotopic (exact) mass is 722 g/mol. The third-order valence-corrected chi connectivity index (χ3v) is 11.9. The Morgan fingerprint density at radius 2 is 0.894 bits per heavy atom. The summed E-state index contributed by atoms with van der Waals surface area (Å²) >= 11 is 0. The average molecular weight is 722 g/mol. The SMILES string of the molecule is CC(C)(C)C1CCC(C(C)(C)C)C1.CC[N+](CC)(CC)CCCCCCC1CC(C(C)(C)C)CC1C(C)(C)C.F[B-](F)(F)F.[CH3-].[CH3-].[Fe+3]. The topological polar surface area (TPSA) is 0 Å². The molecule has 2 fully saturated rings.